The number of nitrogens with zero attached hydrogens (tertiary/aromatic N) is 2. The second kappa shape index (κ2) is 6.77. The summed E-state index contributed by atoms with van der Waals surface area (Å²) in [6, 6.07) is 9.69. The van der Waals surface area contributed by atoms with Gasteiger partial charge in [-0.25, -0.2) is 0 Å². The van der Waals surface area contributed by atoms with E-state index in [1.165, 1.54) is 38.2 Å². The number of ether oxygens (including phenoxy) is 1. The van der Waals surface area contributed by atoms with Crippen molar-refractivity contribution in [3.63, 3.8) is 0 Å². The van der Waals surface area contributed by atoms with E-state index in [0.717, 1.165) is 24.9 Å². The summed E-state index contributed by atoms with van der Waals surface area (Å²) in [7, 11) is 1.74. The summed E-state index contributed by atoms with van der Waals surface area (Å²) in [5, 5.41) is 3.44. The lowest BCUT2D eigenvalue weighted by Crippen LogP contribution is -2.49. The van der Waals surface area contributed by atoms with E-state index in [-0.39, 0.29) is 0 Å². The molecule has 2 saturated heterocycles. The van der Waals surface area contributed by atoms with Gasteiger partial charge in [-0.05, 0) is 31.0 Å². The van der Waals surface area contributed by atoms with Crippen LogP contribution in [0.3, 0.4) is 0 Å². The van der Waals surface area contributed by atoms with Crippen LogP contribution in [-0.4, -0.2) is 62.2 Å². The van der Waals surface area contributed by atoms with Crippen molar-refractivity contribution in [2.75, 3.05) is 46.4 Å². The number of rotatable bonds is 4. The van der Waals surface area contributed by atoms with Gasteiger partial charge in [0.25, 0.3) is 0 Å². The molecule has 4 nitrogen and oxygen atoms in total. The van der Waals surface area contributed by atoms with E-state index < -0.39 is 0 Å². The molecule has 2 aliphatic heterocycles. The fourth-order valence-corrected chi connectivity index (χ4v) is 3.58. The van der Waals surface area contributed by atoms with Crippen LogP contribution < -0.4 is 10.1 Å². The lowest BCUT2D eigenvalue weighted by Gasteiger charge is -2.33. The maximum absolute atomic E-state index is 5.35. The Balaban J connectivity index is 1.61. The molecule has 2 heterocycles. The van der Waals surface area contributed by atoms with Gasteiger partial charge in [0.05, 0.1) is 7.11 Å². The first kappa shape index (κ1) is 14.8. The average Bonchev–Trinajstić information content (AvgIpc) is 3.05. The molecule has 1 aromatic rings. The van der Waals surface area contributed by atoms with Crippen molar-refractivity contribution in [3.8, 4) is 5.75 Å². The Morgan fingerprint density at radius 1 is 1.24 bits per heavy atom. The van der Waals surface area contributed by atoms with Crippen molar-refractivity contribution >= 4 is 0 Å². The van der Waals surface area contributed by atoms with E-state index in [0.29, 0.717) is 6.04 Å². The molecule has 2 aliphatic rings. The smallest absolute Gasteiger partial charge is 0.119 e. The van der Waals surface area contributed by atoms with Crippen molar-refractivity contribution in [2.24, 2.45) is 0 Å². The Morgan fingerprint density at radius 3 is 2.81 bits per heavy atom. The van der Waals surface area contributed by atoms with Crippen LogP contribution in [0.15, 0.2) is 24.3 Å². The number of likely N-dealkylation sites (tertiary alicyclic amines) is 1. The Morgan fingerprint density at radius 2 is 2.05 bits per heavy atom. The van der Waals surface area contributed by atoms with Gasteiger partial charge in [0.15, 0.2) is 0 Å². The zero-order valence-electron chi connectivity index (χ0n) is 13.2. The molecule has 0 bridgehead atoms. The summed E-state index contributed by atoms with van der Waals surface area (Å²) in [6.45, 7) is 9.39. The predicted octanol–water partition coefficient (Wildman–Crippen LogP) is 1.74. The minimum Gasteiger partial charge on any atom is -0.497 e. The highest BCUT2D eigenvalue weighted by Crippen LogP contribution is 2.28. The molecular formula is C17H27N3O. The summed E-state index contributed by atoms with van der Waals surface area (Å²) in [5.74, 6) is 0.956. The molecule has 21 heavy (non-hydrogen) atoms. The maximum Gasteiger partial charge on any atom is 0.119 e. The third kappa shape index (κ3) is 3.39. The molecule has 2 fully saturated rings. The third-order valence-corrected chi connectivity index (χ3v) is 4.99. The van der Waals surface area contributed by atoms with E-state index in [9.17, 15) is 0 Å². The third-order valence-electron chi connectivity index (χ3n) is 4.99. The van der Waals surface area contributed by atoms with Crippen LogP contribution in [0.1, 0.15) is 24.9 Å². The first-order chi connectivity index (χ1) is 10.3. The molecule has 0 radical (unpaired) electrons. The molecule has 116 valence electrons. The summed E-state index contributed by atoms with van der Waals surface area (Å²) in [5.41, 5.74) is 1.36. The van der Waals surface area contributed by atoms with Gasteiger partial charge in [-0.2, -0.15) is 0 Å². The number of hydrogen-bond donors (Lipinski definition) is 1. The van der Waals surface area contributed by atoms with Gasteiger partial charge in [0.1, 0.15) is 5.75 Å². The molecule has 1 N–H and O–H groups in total. The molecule has 3 rings (SSSR count). The normalized spacial score (nSPS) is 25.9. The topological polar surface area (TPSA) is 27.7 Å². The summed E-state index contributed by atoms with van der Waals surface area (Å²) in [4.78, 5) is 5.27. The van der Waals surface area contributed by atoms with Crippen molar-refractivity contribution in [2.45, 2.75) is 25.4 Å². The van der Waals surface area contributed by atoms with Gasteiger partial charge < -0.3 is 10.1 Å². The van der Waals surface area contributed by atoms with E-state index in [1.807, 2.05) is 6.07 Å². The summed E-state index contributed by atoms with van der Waals surface area (Å²) >= 11 is 0. The standard InChI is InChI=1S/C17H27N3O/c1-14(15-4-3-5-17(12-15)21-2)20-9-6-16(13-20)19-10-7-18-8-11-19/h3-5,12,14,16,18H,6-11,13H2,1-2H3. The zero-order chi connectivity index (χ0) is 14.7. The molecular weight excluding hydrogens is 262 g/mol. The van der Waals surface area contributed by atoms with Crippen molar-refractivity contribution in [1.29, 1.82) is 0 Å². The summed E-state index contributed by atoms with van der Waals surface area (Å²) in [6.07, 6.45) is 1.30. The second-order valence-corrected chi connectivity index (χ2v) is 6.18. The molecule has 0 saturated carbocycles. The van der Waals surface area contributed by atoms with Gasteiger partial charge in [-0.3, -0.25) is 9.80 Å². The molecule has 2 atom stereocenters. The van der Waals surface area contributed by atoms with Crippen molar-refractivity contribution in [1.82, 2.24) is 15.1 Å². The first-order valence-corrected chi connectivity index (χ1v) is 8.10. The minimum absolute atomic E-state index is 0.466. The highest BCUT2D eigenvalue weighted by atomic mass is 16.5. The van der Waals surface area contributed by atoms with Crippen molar-refractivity contribution in [3.05, 3.63) is 29.8 Å². The van der Waals surface area contributed by atoms with Crippen LogP contribution in [0.25, 0.3) is 0 Å². The minimum atomic E-state index is 0.466. The van der Waals surface area contributed by atoms with E-state index in [2.05, 4.69) is 40.2 Å². The lowest BCUT2D eigenvalue weighted by atomic mass is 10.1. The number of nitrogens with one attached hydrogen (secondary N) is 1. The van der Waals surface area contributed by atoms with Crippen LogP contribution >= 0.6 is 0 Å². The largest absolute Gasteiger partial charge is 0.497 e. The summed E-state index contributed by atoms with van der Waals surface area (Å²) < 4.78 is 5.35. The Kier molecular flexibility index (Phi) is 4.78. The van der Waals surface area contributed by atoms with Crippen LogP contribution in [0.2, 0.25) is 0 Å². The van der Waals surface area contributed by atoms with Gasteiger partial charge in [0, 0.05) is 51.4 Å². The monoisotopic (exact) mass is 289 g/mol. The van der Waals surface area contributed by atoms with E-state index in [1.54, 1.807) is 7.11 Å². The number of methoxy groups -OCH3 is 1. The Labute approximate surface area is 128 Å². The number of hydrogen-bond acceptors (Lipinski definition) is 4. The molecule has 0 spiro atoms. The Hall–Kier alpha value is -1.10. The Bertz CT molecular complexity index is 459. The molecule has 0 amide bonds. The molecule has 4 heteroatoms. The van der Waals surface area contributed by atoms with Crippen LogP contribution in [0, 0.1) is 0 Å². The van der Waals surface area contributed by atoms with Crippen molar-refractivity contribution < 1.29 is 4.74 Å². The number of piperazine rings is 1. The molecule has 1 aromatic carbocycles. The average molecular weight is 289 g/mol. The second-order valence-electron chi connectivity index (χ2n) is 6.18. The fourth-order valence-electron chi connectivity index (χ4n) is 3.58. The van der Waals surface area contributed by atoms with Crippen LogP contribution in [0.4, 0.5) is 0 Å². The van der Waals surface area contributed by atoms with Gasteiger partial charge in [-0.1, -0.05) is 12.1 Å². The maximum atomic E-state index is 5.35. The predicted molar refractivity (Wildman–Crippen MR) is 85.8 cm³/mol. The van der Waals surface area contributed by atoms with Gasteiger partial charge in [0.2, 0.25) is 0 Å². The fraction of sp³-hybridized carbons (Fsp3) is 0.647. The molecule has 2 unspecified atom stereocenters. The van der Waals surface area contributed by atoms with Crippen LogP contribution in [-0.2, 0) is 0 Å². The first-order valence-electron chi connectivity index (χ1n) is 8.10. The molecule has 0 aliphatic carbocycles. The zero-order valence-corrected chi connectivity index (χ0v) is 13.2. The van der Waals surface area contributed by atoms with Gasteiger partial charge >= 0.3 is 0 Å². The molecule has 0 aromatic heterocycles. The lowest BCUT2D eigenvalue weighted by molar-refractivity contribution is 0.162. The van der Waals surface area contributed by atoms with Gasteiger partial charge in [-0.15, -0.1) is 0 Å². The SMILES string of the molecule is COc1cccc(C(C)N2CCC(N3CCNCC3)C2)c1. The van der Waals surface area contributed by atoms with E-state index >= 15 is 0 Å². The highest BCUT2D eigenvalue weighted by Gasteiger charge is 2.31. The number of benzene rings is 1. The highest BCUT2D eigenvalue weighted by molar-refractivity contribution is 5.30. The van der Waals surface area contributed by atoms with E-state index in [4.69, 9.17) is 4.74 Å². The quantitative estimate of drug-likeness (QED) is 0.914. The van der Waals surface area contributed by atoms with Crippen LogP contribution in [0.5, 0.6) is 5.75 Å².